The lowest BCUT2D eigenvalue weighted by atomic mass is 10.0. The highest BCUT2D eigenvalue weighted by Gasteiger charge is 2.28. The Morgan fingerprint density at radius 2 is 0.726 bits per heavy atom. The summed E-state index contributed by atoms with van der Waals surface area (Å²) in [5.41, 5.74) is 0. The maximum absolute atomic E-state index is 13.0. The van der Waals surface area contributed by atoms with Gasteiger partial charge in [0.15, 0.2) is 0 Å². The highest BCUT2D eigenvalue weighted by atomic mass is 31.2. The first kappa shape index (κ1) is 72.2. The van der Waals surface area contributed by atoms with E-state index in [1.165, 1.54) is 283 Å². The lowest BCUT2D eigenvalue weighted by Gasteiger charge is -2.25. The van der Waals surface area contributed by atoms with Crippen LogP contribution in [0.3, 0.4) is 0 Å². The summed E-state index contributed by atoms with van der Waals surface area (Å²) in [6.07, 6.45) is 70.9. The number of hydrogen-bond acceptors (Lipinski definition) is 5. The topological polar surface area (TPSA) is 105 Å². The lowest BCUT2D eigenvalue weighted by molar-refractivity contribution is -0.870. The monoisotopic (exact) mass is 1050 g/mol. The second-order valence-corrected chi connectivity index (χ2v) is 25.3. The molecule has 0 aliphatic rings. The van der Waals surface area contributed by atoms with Crippen LogP contribution in [0.4, 0.5) is 0 Å². The second-order valence-electron chi connectivity index (χ2n) is 23.9. The van der Waals surface area contributed by atoms with E-state index in [9.17, 15) is 19.4 Å². The number of likely N-dealkylation sites (N-methyl/N-ethyl adjacent to an activating group) is 1. The molecule has 3 N–H and O–H groups in total. The van der Waals surface area contributed by atoms with Crippen molar-refractivity contribution in [2.24, 2.45) is 0 Å². The van der Waals surface area contributed by atoms with Crippen LogP contribution in [0.2, 0.25) is 0 Å². The van der Waals surface area contributed by atoms with Gasteiger partial charge in [0.05, 0.1) is 39.9 Å². The van der Waals surface area contributed by atoms with Crippen molar-refractivity contribution < 1.29 is 32.9 Å². The predicted octanol–water partition coefficient (Wildman–Crippen LogP) is 20.2. The minimum atomic E-state index is -4.34. The number of nitrogens with one attached hydrogen (secondary N) is 1. The van der Waals surface area contributed by atoms with Crippen molar-refractivity contribution in [2.75, 3.05) is 40.9 Å². The van der Waals surface area contributed by atoms with E-state index in [4.69, 9.17) is 9.05 Å². The Morgan fingerprint density at radius 3 is 1.01 bits per heavy atom. The minimum absolute atomic E-state index is 0.0649. The number of aliphatic hydroxyl groups is 1. The normalized spacial score (nSPS) is 13.8. The molecule has 0 fully saturated rings. The molecule has 9 heteroatoms. The zero-order valence-electron chi connectivity index (χ0n) is 49.9. The molecule has 0 aromatic rings. The van der Waals surface area contributed by atoms with E-state index in [0.717, 1.165) is 38.5 Å². The molecule has 73 heavy (non-hydrogen) atoms. The van der Waals surface area contributed by atoms with Crippen LogP contribution in [0.1, 0.15) is 341 Å². The smallest absolute Gasteiger partial charge is 0.387 e. The Labute approximate surface area is 456 Å². The van der Waals surface area contributed by atoms with E-state index in [1.54, 1.807) is 6.08 Å². The average molecular weight is 1050 g/mol. The van der Waals surface area contributed by atoms with Crippen LogP contribution >= 0.6 is 7.82 Å². The minimum Gasteiger partial charge on any atom is -0.387 e. The molecule has 0 heterocycles. The Kier molecular flexibility index (Phi) is 55.4. The van der Waals surface area contributed by atoms with Crippen LogP contribution in [0.15, 0.2) is 12.2 Å². The summed E-state index contributed by atoms with van der Waals surface area (Å²) in [4.78, 5) is 23.3. The zero-order valence-corrected chi connectivity index (χ0v) is 50.8. The van der Waals surface area contributed by atoms with Crippen molar-refractivity contribution in [1.82, 2.24) is 5.32 Å². The van der Waals surface area contributed by atoms with Crippen LogP contribution in [0.25, 0.3) is 0 Å². The highest BCUT2D eigenvalue weighted by molar-refractivity contribution is 7.47. The summed E-state index contributed by atoms with van der Waals surface area (Å²) in [5.74, 6) is -0.170. The number of rotatable bonds is 61. The number of hydrogen-bond donors (Lipinski definition) is 3. The molecule has 0 saturated carbocycles. The zero-order chi connectivity index (χ0) is 53.5. The summed E-state index contributed by atoms with van der Waals surface area (Å²) in [7, 11) is 1.59. The number of allylic oxidation sites excluding steroid dienone is 1. The summed E-state index contributed by atoms with van der Waals surface area (Å²) < 4.78 is 23.7. The Balaban J connectivity index is 3.80. The van der Waals surface area contributed by atoms with Crippen molar-refractivity contribution in [3.8, 4) is 0 Å². The van der Waals surface area contributed by atoms with Gasteiger partial charge in [0.2, 0.25) is 5.91 Å². The number of aliphatic hydroxyl groups excluding tert-OH is 1. The number of nitrogens with zero attached hydrogens (tertiary/aromatic N) is 1. The van der Waals surface area contributed by atoms with Gasteiger partial charge in [-0.05, 0) is 19.3 Å². The largest absolute Gasteiger partial charge is 0.472 e. The van der Waals surface area contributed by atoms with Crippen LogP contribution in [-0.2, 0) is 18.4 Å². The number of phosphoric acid groups is 1. The number of amides is 1. The number of unbranched alkanes of at least 4 members (excludes halogenated alkanes) is 48. The predicted molar refractivity (Wildman–Crippen MR) is 319 cm³/mol. The molecule has 0 rings (SSSR count). The summed E-state index contributed by atoms with van der Waals surface area (Å²) in [5, 5.41) is 13.9. The van der Waals surface area contributed by atoms with Gasteiger partial charge in [0.25, 0.3) is 0 Å². The van der Waals surface area contributed by atoms with Gasteiger partial charge in [-0.25, -0.2) is 4.57 Å². The maximum Gasteiger partial charge on any atom is 0.472 e. The first-order valence-electron chi connectivity index (χ1n) is 32.6. The molecule has 436 valence electrons. The van der Waals surface area contributed by atoms with Crippen molar-refractivity contribution in [3.05, 3.63) is 12.2 Å². The third-order valence-electron chi connectivity index (χ3n) is 15.3. The molecule has 1 amide bonds. The summed E-state index contributed by atoms with van der Waals surface area (Å²) in [6, 6.07) is -0.841. The number of quaternary nitrogens is 1. The van der Waals surface area contributed by atoms with Gasteiger partial charge in [-0.3, -0.25) is 13.8 Å². The van der Waals surface area contributed by atoms with E-state index < -0.39 is 20.0 Å². The first-order valence-corrected chi connectivity index (χ1v) is 34.1. The van der Waals surface area contributed by atoms with Gasteiger partial charge in [0.1, 0.15) is 13.2 Å². The van der Waals surface area contributed by atoms with Crippen LogP contribution in [0.5, 0.6) is 0 Å². The molecule has 0 aromatic heterocycles. The fourth-order valence-corrected chi connectivity index (χ4v) is 10.9. The van der Waals surface area contributed by atoms with Gasteiger partial charge >= 0.3 is 7.82 Å². The van der Waals surface area contributed by atoms with E-state index in [-0.39, 0.29) is 19.1 Å². The van der Waals surface area contributed by atoms with Crippen molar-refractivity contribution in [2.45, 2.75) is 353 Å². The van der Waals surface area contributed by atoms with E-state index in [0.29, 0.717) is 17.4 Å². The van der Waals surface area contributed by atoms with E-state index in [1.807, 2.05) is 27.2 Å². The molecule has 0 spiro atoms. The van der Waals surface area contributed by atoms with E-state index in [2.05, 4.69) is 19.2 Å². The fraction of sp³-hybridized carbons (Fsp3) is 0.953. The Morgan fingerprint density at radius 1 is 0.452 bits per heavy atom. The number of carbonyl (C=O) groups excluding carboxylic acids is 1. The van der Waals surface area contributed by atoms with Crippen molar-refractivity contribution in [1.29, 1.82) is 0 Å². The molecule has 0 aliphatic carbocycles. The fourth-order valence-electron chi connectivity index (χ4n) is 10.2. The molecule has 8 nitrogen and oxygen atoms in total. The van der Waals surface area contributed by atoms with Crippen LogP contribution < -0.4 is 5.32 Å². The molecular formula is C64H130N2O6P+. The lowest BCUT2D eigenvalue weighted by Crippen LogP contribution is -2.45. The van der Waals surface area contributed by atoms with Gasteiger partial charge in [0, 0.05) is 6.42 Å². The Hall–Kier alpha value is -0.760. The third kappa shape index (κ3) is 58.8. The van der Waals surface area contributed by atoms with Gasteiger partial charge in [-0.1, -0.05) is 328 Å². The second kappa shape index (κ2) is 56.0. The molecule has 0 aliphatic heterocycles. The van der Waals surface area contributed by atoms with Crippen LogP contribution in [0, 0.1) is 0 Å². The van der Waals surface area contributed by atoms with E-state index >= 15 is 0 Å². The van der Waals surface area contributed by atoms with Gasteiger partial charge < -0.3 is 19.8 Å². The highest BCUT2D eigenvalue weighted by Crippen LogP contribution is 2.43. The molecule has 3 atom stereocenters. The number of carbonyl (C=O) groups is 1. The number of phosphoric ester groups is 1. The van der Waals surface area contributed by atoms with Crippen molar-refractivity contribution in [3.63, 3.8) is 0 Å². The molecule has 0 saturated heterocycles. The quantitative estimate of drug-likeness (QED) is 0.0243. The standard InChI is InChI=1S/C64H129N2O6P/c1-6-8-10-12-14-16-18-20-21-22-23-24-25-26-27-28-29-30-31-32-33-34-35-36-37-38-39-40-41-42-43-44-45-46-48-50-52-54-56-58-64(68)65-62(61-72-73(69,70)71-60-59-66(3,4)5)63(67)57-55-53-51-49-47-19-17-15-13-11-9-7-2/h55,57,62-63,67H,6-54,56,58-61H2,1-5H3,(H-,65,68,69,70)/p+1/b57-55+. The Bertz CT molecular complexity index is 1200. The molecule has 3 unspecified atom stereocenters. The van der Waals surface area contributed by atoms with Gasteiger partial charge in [-0.2, -0.15) is 0 Å². The maximum atomic E-state index is 13.0. The molecule has 0 radical (unpaired) electrons. The summed E-state index contributed by atoms with van der Waals surface area (Å²) in [6.45, 7) is 4.85. The van der Waals surface area contributed by atoms with Crippen molar-refractivity contribution >= 4 is 13.7 Å². The summed E-state index contributed by atoms with van der Waals surface area (Å²) >= 11 is 0. The molecule has 0 bridgehead atoms. The first-order chi connectivity index (χ1) is 35.5. The van der Waals surface area contributed by atoms with Crippen LogP contribution in [-0.4, -0.2) is 73.4 Å². The third-order valence-corrected chi connectivity index (χ3v) is 16.2. The SMILES string of the molecule is CCCCCCCCCCCC/C=C/C(O)C(COP(=O)(O)OCC[N+](C)(C)C)NC(=O)CCCCCCCCCCCCCCCCCCCCCCCCCCCCCCCCCCCCCCCCC. The van der Waals surface area contributed by atoms with Gasteiger partial charge in [-0.15, -0.1) is 0 Å². The molecule has 0 aromatic carbocycles. The molecular weight excluding hydrogens is 924 g/mol. The average Bonchev–Trinajstić information content (AvgIpc) is 3.35.